The van der Waals surface area contributed by atoms with Gasteiger partial charge in [-0.1, -0.05) is 24.3 Å². The number of amides is 1. The second kappa shape index (κ2) is 10.6. The van der Waals surface area contributed by atoms with E-state index >= 15 is 0 Å². The number of nitrogens with zero attached hydrogens (tertiary/aromatic N) is 1. The fraction of sp³-hybridized carbons (Fsp3) is 0.115. The van der Waals surface area contributed by atoms with E-state index in [1.807, 2.05) is 32.0 Å². The predicted octanol–water partition coefficient (Wildman–Crippen LogP) is 5.89. The first kappa shape index (κ1) is 23.8. The maximum absolute atomic E-state index is 12.5. The number of rotatable bonds is 7. The normalized spacial score (nSPS) is 10.9. The van der Waals surface area contributed by atoms with Crippen molar-refractivity contribution in [3.8, 4) is 11.8 Å². The Balaban J connectivity index is 1.69. The fourth-order valence-corrected chi connectivity index (χ4v) is 3.47. The van der Waals surface area contributed by atoms with Crippen LogP contribution in [0.5, 0.6) is 5.75 Å². The van der Waals surface area contributed by atoms with E-state index in [0.717, 1.165) is 16.7 Å². The highest BCUT2D eigenvalue weighted by Crippen LogP contribution is 2.28. The van der Waals surface area contributed by atoms with Crippen molar-refractivity contribution in [2.45, 2.75) is 20.5 Å². The number of halogens is 1. The molecule has 0 fully saturated rings. The van der Waals surface area contributed by atoms with Gasteiger partial charge in [0, 0.05) is 5.69 Å². The lowest BCUT2D eigenvalue weighted by atomic mass is 10.1. The van der Waals surface area contributed by atoms with Crippen molar-refractivity contribution in [2.75, 3.05) is 5.32 Å². The minimum absolute atomic E-state index is 0.0210. The molecule has 0 aliphatic carbocycles. The lowest BCUT2D eigenvalue weighted by molar-refractivity contribution is -0.112. The van der Waals surface area contributed by atoms with Crippen molar-refractivity contribution in [1.29, 1.82) is 5.26 Å². The molecule has 3 aromatic carbocycles. The lowest BCUT2D eigenvalue weighted by Crippen LogP contribution is -2.13. The number of benzene rings is 3. The van der Waals surface area contributed by atoms with Gasteiger partial charge >= 0.3 is 5.97 Å². The number of nitrogens with one attached hydrogen (secondary N) is 1. The Labute approximate surface area is 200 Å². The topological polar surface area (TPSA) is 99.4 Å². The number of hydrogen-bond donors (Lipinski definition) is 2. The highest BCUT2D eigenvalue weighted by Gasteiger charge is 2.11. The molecule has 0 aromatic heterocycles. The van der Waals surface area contributed by atoms with Crippen LogP contribution in [0.1, 0.15) is 32.6 Å². The molecule has 2 N–H and O–H groups in total. The lowest BCUT2D eigenvalue weighted by Gasteiger charge is -2.10. The maximum Gasteiger partial charge on any atom is 0.335 e. The zero-order valence-corrected chi connectivity index (χ0v) is 19.6. The molecule has 0 bridgehead atoms. The summed E-state index contributed by atoms with van der Waals surface area (Å²) < 4.78 is 6.46. The van der Waals surface area contributed by atoms with Gasteiger partial charge in [0.2, 0.25) is 0 Å². The van der Waals surface area contributed by atoms with Crippen LogP contribution in [0, 0.1) is 25.2 Å². The van der Waals surface area contributed by atoms with Crippen LogP contribution in [-0.4, -0.2) is 17.0 Å². The van der Waals surface area contributed by atoms with E-state index in [0.29, 0.717) is 21.5 Å². The van der Waals surface area contributed by atoms with Gasteiger partial charge in [0.25, 0.3) is 5.91 Å². The molecule has 166 valence electrons. The number of aromatic carboxylic acids is 1. The SMILES string of the molecule is Cc1ccc(NC(=O)/C(C#N)=C/c2ccc(OCc3ccc(C(=O)O)cc3)c(Br)c2)cc1C. The molecule has 0 aliphatic heterocycles. The third-order valence-corrected chi connectivity index (χ3v) is 5.61. The molecular formula is C26H21BrN2O4. The highest BCUT2D eigenvalue weighted by atomic mass is 79.9. The summed E-state index contributed by atoms with van der Waals surface area (Å²) in [4.78, 5) is 23.5. The van der Waals surface area contributed by atoms with Crippen LogP contribution < -0.4 is 10.1 Å². The number of carboxylic acid groups (broad SMARTS) is 1. The van der Waals surface area contributed by atoms with E-state index in [4.69, 9.17) is 9.84 Å². The molecule has 3 aromatic rings. The monoisotopic (exact) mass is 504 g/mol. The van der Waals surface area contributed by atoms with Gasteiger partial charge in [-0.3, -0.25) is 4.79 Å². The van der Waals surface area contributed by atoms with E-state index in [1.54, 1.807) is 36.4 Å². The first-order chi connectivity index (χ1) is 15.8. The summed E-state index contributed by atoms with van der Waals surface area (Å²) in [5.41, 5.74) is 4.47. The van der Waals surface area contributed by atoms with Gasteiger partial charge in [-0.25, -0.2) is 4.79 Å². The zero-order valence-electron chi connectivity index (χ0n) is 18.1. The predicted molar refractivity (Wildman–Crippen MR) is 130 cm³/mol. The van der Waals surface area contributed by atoms with Gasteiger partial charge in [-0.05, 0) is 94.5 Å². The van der Waals surface area contributed by atoms with Crippen LogP contribution in [0.2, 0.25) is 0 Å². The van der Waals surface area contributed by atoms with Gasteiger partial charge < -0.3 is 15.2 Å². The molecule has 3 rings (SSSR count). The molecule has 1 amide bonds. The number of ether oxygens (including phenoxy) is 1. The summed E-state index contributed by atoms with van der Waals surface area (Å²) in [6, 6.07) is 19.2. The first-order valence-electron chi connectivity index (χ1n) is 10.0. The van der Waals surface area contributed by atoms with Crippen molar-refractivity contribution >= 4 is 39.6 Å². The third-order valence-electron chi connectivity index (χ3n) is 4.99. The Morgan fingerprint density at radius 1 is 1.06 bits per heavy atom. The van der Waals surface area contributed by atoms with Crippen LogP contribution >= 0.6 is 15.9 Å². The number of carbonyl (C=O) groups excluding carboxylic acids is 1. The molecule has 6 nitrogen and oxygen atoms in total. The Morgan fingerprint density at radius 3 is 2.39 bits per heavy atom. The van der Waals surface area contributed by atoms with Crippen molar-refractivity contribution < 1.29 is 19.4 Å². The molecule has 33 heavy (non-hydrogen) atoms. The molecule has 0 radical (unpaired) electrons. The molecular weight excluding hydrogens is 484 g/mol. The fourth-order valence-electron chi connectivity index (χ4n) is 2.96. The van der Waals surface area contributed by atoms with Crippen LogP contribution in [0.15, 0.2) is 70.7 Å². The first-order valence-corrected chi connectivity index (χ1v) is 10.8. The summed E-state index contributed by atoms with van der Waals surface area (Å²) in [5, 5.41) is 21.2. The quantitative estimate of drug-likeness (QED) is 0.308. The third kappa shape index (κ3) is 6.31. The smallest absolute Gasteiger partial charge is 0.335 e. The zero-order chi connectivity index (χ0) is 24.0. The summed E-state index contributed by atoms with van der Waals surface area (Å²) in [7, 11) is 0. The van der Waals surface area contributed by atoms with Crippen LogP contribution in [0.3, 0.4) is 0 Å². The minimum atomic E-state index is -0.978. The Hall–Kier alpha value is -3.89. The molecule has 0 saturated heterocycles. The van der Waals surface area contributed by atoms with Crippen molar-refractivity contribution in [2.24, 2.45) is 0 Å². The van der Waals surface area contributed by atoms with E-state index in [-0.39, 0.29) is 17.7 Å². The molecule has 0 spiro atoms. The van der Waals surface area contributed by atoms with E-state index in [9.17, 15) is 14.9 Å². The van der Waals surface area contributed by atoms with Crippen molar-refractivity contribution in [1.82, 2.24) is 0 Å². The second-order valence-corrected chi connectivity index (χ2v) is 8.26. The van der Waals surface area contributed by atoms with Gasteiger partial charge in [0.05, 0.1) is 10.0 Å². The standard InChI is InChI=1S/C26H21BrN2O4/c1-16-3-9-22(11-17(16)2)29-25(30)21(14-28)12-19-6-10-24(23(27)13-19)33-15-18-4-7-20(8-5-18)26(31)32/h3-13H,15H2,1-2H3,(H,29,30)(H,31,32)/b21-12+. The van der Waals surface area contributed by atoms with E-state index in [1.165, 1.54) is 18.2 Å². The van der Waals surface area contributed by atoms with Gasteiger partial charge in [0.15, 0.2) is 0 Å². The molecule has 7 heteroatoms. The van der Waals surface area contributed by atoms with Crippen LogP contribution in [0.25, 0.3) is 6.08 Å². The van der Waals surface area contributed by atoms with Crippen LogP contribution in [0.4, 0.5) is 5.69 Å². The van der Waals surface area contributed by atoms with Gasteiger partial charge in [-0.15, -0.1) is 0 Å². The number of hydrogen-bond acceptors (Lipinski definition) is 4. The van der Waals surface area contributed by atoms with E-state index < -0.39 is 11.9 Å². The summed E-state index contributed by atoms with van der Waals surface area (Å²) in [6.45, 7) is 4.20. The van der Waals surface area contributed by atoms with Crippen LogP contribution in [-0.2, 0) is 11.4 Å². The summed E-state index contributed by atoms with van der Waals surface area (Å²) in [6.07, 6.45) is 1.51. The number of carboxylic acids is 1. The molecule has 0 heterocycles. The number of aryl methyl sites for hydroxylation is 2. The van der Waals surface area contributed by atoms with Crippen molar-refractivity contribution in [3.63, 3.8) is 0 Å². The number of anilines is 1. The molecule has 0 atom stereocenters. The van der Waals surface area contributed by atoms with Gasteiger partial charge in [0.1, 0.15) is 24.0 Å². The summed E-state index contributed by atoms with van der Waals surface area (Å²) in [5.74, 6) is -0.886. The second-order valence-electron chi connectivity index (χ2n) is 7.40. The average Bonchev–Trinajstić information content (AvgIpc) is 2.79. The van der Waals surface area contributed by atoms with Crippen molar-refractivity contribution in [3.05, 3.63) is 98.5 Å². The largest absolute Gasteiger partial charge is 0.488 e. The maximum atomic E-state index is 12.5. The number of nitriles is 1. The highest BCUT2D eigenvalue weighted by molar-refractivity contribution is 9.10. The molecule has 0 saturated carbocycles. The average molecular weight is 505 g/mol. The number of carbonyl (C=O) groups is 2. The Kier molecular flexibility index (Phi) is 7.65. The Bertz CT molecular complexity index is 1270. The summed E-state index contributed by atoms with van der Waals surface area (Å²) >= 11 is 3.45. The minimum Gasteiger partial charge on any atom is -0.488 e. The van der Waals surface area contributed by atoms with Gasteiger partial charge in [-0.2, -0.15) is 5.26 Å². The molecule has 0 unspecified atom stereocenters. The Morgan fingerprint density at radius 2 is 1.79 bits per heavy atom. The van der Waals surface area contributed by atoms with E-state index in [2.05, 4.69) is 21.2 Å². The molecule has 0 aliphatic rings.